The first kappa shape index (κ1) is 26.3. The molecule has 15 heteroatoms. The van der Waals surface area contributed by atoms with Crippen LogP contribution in [0.1, 0.15) is 20.8 Å². The summed E-state index contributed by atoms with van der Waals surface area (Å²) in [7, 11) is 0. The van der Waals surface area contributed by atoms with Crippen molar-refractivity contribution in [2.45, 2.75) is 64.8 Å². The fourth-order valence-electron chi connectivity index (χ4n) is 2.82. The van der Waals surface area contributed by atoms with Gasteiger partial charge in [-0.2, -0.15) is 0 Å². The minimum Gasteiger partial charge on any atom is -0.457 e. The van der Waals surface area contributed by atoms with Crippen LogP contribution in [0.4, 0.5) is 0 Å². The molecule has 0 aromatic rings. The van der Waals surface area contributed by atoms with Gasteiger partial charge < -0.3 is 29.0 Å². The molecule has 0 radical (unpaired) electrons. The van der Waals surface area contributed by atoms with Crippen molar-refractivity contribution >= 4 is 87.5 Å². The number of nitrogens with one attached hydrogen (secondary N) is 1. The second-order valence-electron chi connectivity index (χ2n) is 6.81. The van der Waals surface area contributed by atoms with Gasteiger partial charge in [0.15, 0.2) is 11.9 Å². The number of hydrogen-bond donors (Lipinski definition) is 1. The summed E-state index contributed by atoms with van der Waals surface area (Å²) < 4.78 is 22.6. The molecule has 0 bridgehead atoms. The predicted molar refractivity (Wildman–Crippen MR) is 108 cm³/mol. The van der Waals surface area contributed by atoms with Gasteiger partial charge in [0.25, 0.3) is 13.5 Å². The van der Waals surface area contributed by atoms with Crippen LogP contribution in [0.25, 0.3) is 0 Å². The summed E-state index contributed by atoms with van der Waals surface area (Å²) >= 11 is 33.5. The highest BCUT2D eigenvalue weighted by Gasteiger charge is 2.56. The van der Waals surface area contributed by atoms with E-state index in [-0.39, 0.29) is 6.61 Å². The maximum atomic E-state index is 12.3. The van der Waals surface area contributed by atoms with Gasteiger partial charge >= 0.3 is 11.9 Å². The summed E-state index contributed by atoms with van der Waals surface area (Å²) in [6.45, 7) is 4.35. The van der Waals surface area contributed by atoms with E-state index in [0.29, 0.717) is 0 Å². The molecule has 0 aromatic heterocycles. The smallest absolute Gasteiger partial charge is 0.360 e. The standard InChI is InChI=1S/C15H17Cl6NO8/c1-5(23)27-9-7(22-11(24)14(16,17)18)10(29-12(25)15(19,20)21)28-6-4-26-13(2,3)30-8(6)9/h6-10H,4H2,1-3H3,(H,22,24)/t6-,7-,8-,9-,10-/m1/s1. The number of halogens is 6. The van der Waals surface area contributed by atoms with Crippen molar-refractivity contribution in [3.8, 4) is 0 Å². The van der Waals surface area contributed by atoms with E-state index in [1.807, 2.05) is 0 Å². The monoisotopic (exact) mass is 549 g/mol. The largest absolute Gasteiger partial charge is 0.457 e. The molecule has 2 rings (SSSR count). The summed E-state index contributed by atoms with van der Waals surface area (Å²) in [6.07, 6.45) is -4.67. The Kier molecular flexibility index (Phi) is 8.31. The maximum Gasteiger partial charge on any atom is 0.360 e. The quantitative estimate of drug-likeness (QED) is 0.421. The van der Waals surface area contributed by atoms with E-state index in [2.05, 4.69) is 5.32 Å². The molecular formula is C15H17Cl6NO8. The molecule has 2 aliphatic heterocycles. The van der Waals surface area contributed by atoms with E-state index in [1.54, 1.807) is 13.8 Å². The number of carbonyl (C=O) groups excluding carboxylic acids is 3. The van der Waals surface area contributed by atoms with Gasteiger partial charge in [-0.25, -0.2) is 4.79 Å². The van der Waals surface area contributed by atoms with E-state index >= 15 is 0 Å². The minimum atomic E-state index is -2.46. The van der Waals surface area contributed by atoms with Gasteiger partial charge in [-0.1, -0.05) is 69.6 Å². The number of amides is 1. The molecule has 30 heavy (non-hydrogen) atoms. The number of rotatable bonds is 3. The van der Waals surface area contributed by atoms with Gasteiger partial charge in [-0.05, 0) is 13.8 Å². The molecule has 0 saturated carbocycles. The Labute approximate surface area is 201 Å². The van der Waals surface area contributed by atoms with Crippen LogP contribution >= 0.6 is 69.6 Å². The maximum absolute atomic E-state index is 12.3. The molecule has 2 heterocycles. The Balaban J connectivity index is 2.42. The SMILES string of the molecule is CC(=O)O[C@@H]1[C@@H](NC(=O)C(Cl)(Cl)Cl)[C@@H](OC(=O)C(Cl)(Cl)Cl)O[C@@H]2COC(C)(C)O[C@@H]12. The van der Waals surface area contributed by atoms with Crippen molar-refractivity contribution in [2.24, 2.45) is 0 Å². The lowest BCUT2D eigenvalue weighted by Gasteiger charge is -2.50. The van der Waals surface area contributed by atoms with E-state index in [9.17, 15) is 14.4 Å². The Morgan fingerprint density at radius 3 is 2.13 bits per heavy atom. The lowest BCUT2D eigenvalue weighted by Crippen LogP contribution is -2.70. The highest BCUT2D eigenvalue weighted by molar-refractivity contribution is 6.76. The second-order valence-corrected chi connectivity index (χ2v) is 11.4. The Morgan fingerprint density at radius 2 is 1.63 bits per heavy atom. The van der Waals surface area contributed by atoms with E-state index in [0.717, 1.165) is 6.92 Å². The molecule has 2 saturated heterocycles. The van der Waals surface area contributed by atoms with Crippen molar-refractivity contribution in [3.63, 3.8) is 0 Å². The molecule has 2 fully saturated rings. The average molecular weight is 552 g/mol. The van der Waals surface area contributed by atoms with Crippen LogP contribution in [0.2, 0.25) is 0 Å². The number of esters is 2. The molecule has 172 valence electrons. The fraction of sp³-hybridized carbons (Fsp3) is 0.800. The van der Waals surface area contributed by atoms with Crippen molar-refractivity contribution in [1.82, 2.24) is 5.32 Å². The first-order valence-corrected chi connectivity index (χ1v) is 10.6. The zero-order chi connectivity index (χ0) is 23.1. The zero-order valence-corrected chi connectivity index (χ0v) is 20.2. The van der Waals surface area contributed by atoms with Crippen molar-refractivity contribution in [2.75, 3.05) is 6.61 Å². The van der Waals surface area contributed by atoms with Crippen LogP contribution in [-0.4, -0.2) is 68.5 Å². The molecule has 0 aliphatic carbocycles. The Morgan fingerprint density at radius 1 is 1.03 bits per heavy atom. The number of hydrogen-bond acceptors (Lipinski definition) is 8. The molecule has 2 aliphatic rings. The zero-order valence-electron chi connectivity index (χ0n) is 15.6. The van der Waals surface area contributed by atoms with Crippen LogP contribution < -0.4 is 5.32 Å². The Hall–Kier alpha value is 0.0300. The lowest BCUT2D eigenvalue weighted by atomic mass is 9.95. The molecule has 1 N–H and O–H groups in total. The van der Waals surface area contributed by atoms with Crippen molar-refractivity contribution in [1.29, 1.82) is 0 Å². The topological polar surface area (TPSA) is 109 Å². The van der Waals surface area contributed by atoms with Gasteiger partial charge in [-0.3, -0.25) is 9.59 Å². The first-order chi connectivity index (χ1) is 13.5. The molecule has 1 amide bonds. The van der Waals surface area contributed by atoms with Crippen LogP contribution in [0.5, 0.6) is 0 Å². The molecular weight excluding hydrogens is 535 g/mol. The van der Waals surface area contributed by atoms with Gasteiger partial charge in [0.2, 0.25) is 6.29 Å². The van der Waals surface area contributed by atoms with Crippen LogP contribution in [0.3, 0.4) is 0 Å². The van der Waals surface area contributed by atoms with Gasteiger partial charge in [0.1, 0.15) is 18.2 Å². The third-order valence-corrected chi connectivity index (χ3v) is 4.95. The summed E-state index contributed by atoms with van der Waals surface area (Å²) in [5.41, 5.74) is 0. The number of ether oxygens (including phenoxy) is 5. The van der Waals surface area contributed by atoms with Gasteiger partial charge in [-0.15, -0.1) is 0 Å². The van der Waals surface area contributed by atoms with Gasteiger partial charge in [0.05, 0.1) is 6.61 Å². The third kappa shape index (κ3) is 6.76. The van der Waals surface area contributed by atoms with E-state index < -0.39 is 61.9 Å². The Bertz CT molecular complexity index is 694. The average Bonchev–Trinajstić information content (AvgIpc) is 2.55. The molecule has 0 aromatic carbocycles. The fourth-order valence-corrected chi connectivity index (χ4v) is 3.11. The van der Waals surface area contributed by atoms with Crippen LogP contribution in [0.15, 0.2) is 0 Å². The summed E-state index contributed by atoms with van der Waals surface area (Å²) in [5.74, 6) is -4.23. The van der Waals surface area contributed by atoms with Crippen LogP contribution in [-0.2, 0) is 38.1 Å². The molecule has 9 nitrogen and oxygen atoms in total. The normalized spacial score (nSPS) is 31.3. The minimum absolute atomic E-state index is 0.0254. The van der Waals surface area contributed by atoms with Gasteiger partial charge in [0, 0.05) is 6.92 Å². The summed E-state index contributed by atoms with van der Waals surface area (Å²) in [6, 6.07) is -1.39. The summed E-state index contributed by atoms with van der Waals surface area (Å²) in [5, 5.41) is 2.32. The van der Waals surface area contributed by atoms with E-state index in [1.165, 1.54) is 0 Å². The number of fused-ring (bicyclic) bond motifs is 1. The molecule has 0 spiro atoms. The number of carbonyl (C=O) groups is 3. The predicted octanol–water partition coefficient (Wildman–Crippen LogP) is 2.56. The second kappa shape index (κ2) is 9.49. The highest BCUT2D eigenvalue weighted by atomic mass is 35.6. The lowest BCUT2D eigenvalue weighted by molar-refractivity contribution is -0.365. The van der Waals surface area contributed by atoms with Crippen LogP contribution in [0, 0.1) is 0 Å². The summed E-state index contributed by atoms with van der Waals surface area (Å²) in [4.78, 5) is 36.1. The van der Waals surface area contributed by atoms with E-state index in [4.69, 9.17) is 93.3 Å². The highest BCUT2D eigenvalue weighted by Crippen LogP contribution is 2.37. The third-order valence-electron chi connectivity index (χ3n) is 3.97. The molecule has 5 atom stereocenters. The first-order valence-electron chi connectivity index (χ1n) is 8.31. The molecule has 0 unspecified atom stereocenters. The number of alkyl halides is 6. The van der Waals surface area contributed by atoms with Crippen molar-refractivity contribution < 1.29 is 38.1 Å². The van der Waals surface area contributed by atoms with Crippen molar-refractivity contribution in [3.05, 3.63) is 0 Å².